The van der Waals surface area contributed by atoms with Gasteiger partial charge in [0.2, 0.25) is 0 Å². The van der Waals surface area contributed by atoms with Crippen molar-refractivity contribution in [3.63, 3.8) is 0 Å². The lowest BCUT2D eigenvalue weighted by Crippen LogP contribution is -2.61. The van der Waals surface area contributed by atoms with Gasteiger partial charge in [0.25, 0.3) is 0 Å². The number of hydrogen-bond donors (Lipinski definition) is 7. The second-order valence-corrected chi connectivity index (χ2v) is 17.6. The maximum absolute atomic E-state index is 12.9. The van der Waals surface area contributed by atoms with Crippen LogP contribution in [-0.4, -0.2) is 142 Å². The van der Waals surface area contributed by atoms with Crippen molar-refractivity contribution in [2.24, 2.45) is 0 Å². The molecule has 2 fully saturated rings. The molecule has 0 spiro atoms. The first-order chi connectivity index (χ1) is 30.6. The predicted octanol–water partition coefficient (Wildman–Crippen LogP) is 6.85. The van der Waals surface area contributed by atoms with Gasteiger partial charge in [-0.1, -0.05) is 154 Å². The van der Waals surface area contributed by atoms with Crippen LogP contribution in [0.15, 0.2) is 24.3 Å². The topological polar surface area (TPSA) is 214 Å². The molecule has 2 aliphatic heterocycles. The Kier molecular flexibility index (Phi) is 34.3. The van der Waals surface area contributed by atoms with E-state index in [0.29, 0.717) is 13.0 Å². The zero-order valence-electron chi connectivity index (χ0n) is 39.1. The largest absolute Gasteiger partial charge is 0.457 e. The first-order valence-corrected chi connectivity index (χ1v) is 24.9. The van der Waals surface area contributed by atoms with Gasteiger partial charge >= 0.3 is 5.97 Å². The molecular formula is C49H90O14. The molecular weight excluding hydrogens is 813 g/mol. The Morgan fingerprint density at radius 1 is 0.524 bits per heavy atom. The Hall–Kier alpha value is -1.53. The van der Waals surface area contributed by atoms with Crippen LogP contribution in [0.2, 0.25) is 0 Å². The average Bonchev–Trinajstić information content (AvgIpc) is 3.28. The van der Waals surface area contributed by atoms with Crippen LogP contribution in [0.4, 0.5) is 0 Å². The standard InChI is InChI=1S/C49H90O14/c1-3-5-7-9-11-13-15-16-17-18-19-20-21-22-23-25-27-29-31-33-58-35-38(61-41(51)32-30-28-26-24-14-12-10-8-6-4-2)36-59-48-47(57)45(55)43(53)40(63-48)37-60-49-46(56)44(54)42(52)39(34-50)62-49/h13,15,17-18,38-40,42-50,52-57H,3-12,14,16,19-37H2,1-2H3/b15-13-,18-17-. The summed E-state index contributed by atoms with van der Waals surface area (Å²) in [6.07, 6.45) is 22.5. The monoisotopic (exact) mass is 903 g/mol. The fraction of sp³-hybridized carbons (Fsp3) is 0.898. The number of carbonyl (C=O) groups excluding carboxylic acids is 1. The predicted molar refractivity (Wildman–Crippen MR) is 243 cm³/mol. The molecule has 2 heterocycles. The number of aliphatic hydroxyl groups excluding tert-OH is 7. The van der Waals surface area contributed by atoms with Gasteiger partial charge in [0.05, 0.1) is 26.4 Å². The molecule has 0 radical (unpaired) electrons. The molecule has 14 nitrogen and oxygen atoms in total. The lowest BCUT2D eigenvalue weighted by atomic mass is 9.98. The third kappa shape index (κ3) is 25.8. The number of ether oxygens (including phenoxy) is 6. The van der Waals surface area contributed by atoms with E-state index in [1.807, 2.05) is 0 Å². The number of aliphatic hydroxyl groups is 7. The summed E-state index contributed by atoms with van der Waals surface area (Å²) in [7, 11) is 0. The zero-order chi connectivity index (χ0) is 45.9. The smallest absolute Gasteiger partial charge is 0.306 e. The maximum Gasteiger partial charge on any atom is 0.306 e. The van der Waals surface area contributed by atoms with Crippen molar-refractivity contribution >= 4 is 5.97 Å². The molecule has 11 atom stereocenters. The first kappa shape index (κ1) is 57.6. The van der Waals surface area contributed by atoms with E-state index >= 15 is 0 Å². The molecule has 0 aromatic rings. The quantitative estimate of drug-likeness (QED) is 0.0191. The van der Waals surface area contributed by atoms with Gasteiger partial charge in [-0.3, -0.25) is 4.79 Å². The van der Waals surface area contributed by atoms with Gasteiger partial charge in [-0.05, 0) is 44.9 Å². The molecule has 2 aliphatic rings. The Labute approximate surface area is 379 Å². The second-order valence-electron chi connectivity index (χ2n) is 17.6. The van der Waals surface area contributed by atoms with Gasteiger partial charge in [-0.2, -0.15) is 0 Å². The van der Waals surface area contributed by atoms with Gasteiger partial charge in [0.15, 0.2) is 12.6 Å². The molecule has 2 rings (SSSR count). The lowest BCUT2D eigenvalue weighted by Gasteiger charge is -2.42. The van der Waals surface area contributed by atoms with Crippen LogP contribution in [0, 0.1) is 0 Å². The van der Waals surface area contributed by atoms with Gasteiger partial charge < -0.3 is 64.2 Å². The highest BCUT2D eigenvalue weighted by Crippen LogP contribution is 2.26. The number of esters is 1. The van der Waals surface area contributed by atoms with Gasteiger partial charge in [-0.25, -0.2) is 0 Å². The summed E-state index contributed by atoms with van der Waals surface area (Å²) in [5.74, 6) is -0.380. The Morgan fingerprint density at radius 2 is 0.984 bits per heavy atom. The van der Waals surface area contributed by atoms with E-state index in [1.165, 1.54) is 103 Å². The van der Waals surface area contributed by atoms with Crippen LogP contribution in [0.1, 0.15) is 181 Å². The Bertz CT molecular complexity index is 1140. The van der Waals surface area contributed by atoms with Crippen LogP contribution < -0.4 is 0 Å². The average molecular weight is 903 g/mol. The summed E-state index contributed by atoms with van der Waals surface area (Å²) in [5, 5.41) is 72.0. The number of allylic oxidation sites excluding steroid dienone is 4. The fourth-order valence-electron chi connectivity index (χ4n) is 7.84. The molecule has 11 unspecified atom stereocenters. The maximum atomic E-state index is 12.9. The summed E-state index contributed by atoms with van der Waals surface area (Å²) in [6.45, 7) is 3.65. The Morgan fingerprint density at radius 3 is 1.54 bits per heavy atom. The molecule has 0 aromatic heterocycles. The van der Waals surface area contributed by atoms with E-state index in [1.54, 1.807) is 0 Å². The molecule has 0 aliphatic carbocycles. The van der Waals surface area contributed by atoms with E-state index in [2.05, 4.69) is 38.2 Å². The van der Waals surface area contributed by atoms with Crippen molar-refractivity contribution in [1.29, 1.82) is 0 Å². The summed E-state index contributed by atoms with van der Waals surface area (Å²) in [4.78, 5) is 12.9. The van der Waals surface area contributed by atoms with E-state index < -0.39 is 80.7 Å². The van der Waals surface area contributed by atoms with Crippen molar-refractivity contribution in [2.75, 3.05) is 33.0 Å². The van der Waals surface area contributed by atoms with E-state index in [4.69, 9.17) is 28.4 Å². The minimum atomic E-state index is -1.70. The van der Waals surface area contributed by atoms with E-state index in [9.17, 15) is 40.5 Å². The molecule has 0 bridgehead atoms. The molecule has 14 heteroatoms. The van der Waals surface area contributed by atoms with Crippen molar-refractivity contribution in [1.82, 2.24) is 0 Å². The third-order valence-electron chi connectivity index (χ3n) is 12.0. The normalized spacial score (nSPS) is 27.1. The lowest BCUT2D eigenvalue weighted by molar-refractivity contribution is -0.332. The zero-order valence-corrected chi connectivity index (χ0v) is 39.1. The summed E-state index contributed by atoms with van der Waals surface area (Å²) in [6, 6.07) is 0. The van der Waals surface area contributed by atoms with Gasteiger partial charge in [0, 0.05) is 13.0 Å². The fourth-order valence-corrected chi connectivity index (χ4v) is 7.84. The third-order valence-corrected chi connectivity index (χ3v) is 12.0. The van der Waals surface area contributed by atoms with Crippen molar-refractivity contribution in [3.05, 3.63) is 24.3 Å². The minimum Gasteiger partial charge on any atom is -0.457 e. The van der Waals surface area contributed by atoms with Crippen LogP contribution >= 0.6 is 0 Å². The summed E-state index contributed by atoms with van der Waals surface area (Å²) in [5.41, 5.74) is 0. The van der Waals surface area contributed by atoms with Crippen molar-refractivity contribution < 1.29 is 69.0 Å². The molecule has 7 N–H and O–H groups in total. The number of hydrogen-bond acceptors (Lipinski definition) is 14. The van der Waals surface area contributed by atoms with Gasteiger partial charge in [0.1, 0.15) is 54.9 Å². The van der Waals surface area contributed by atoms with Crippen LogP contribution in [0.3, 0.4) is 0 Å². The number of carbonyl (C=O) groups is 1. The number of rotatable bonds is 39. The minimum absolute atomic E-state index is 0.0607. The highest BCUT2D eigenvalue weighted by Gasteiger charge is 2.47. The van der Waals surface area contributed by atoms with Crippen molar-refractivity contribution in [3.8, 4) is 0 Å². The molecule has 63 heavy (non-hydrogen) atoms. The first-order valence-electron chi connectivity index (χ1n) is 24.9. The summed E-state index contributed by atoms with van der Waals surface area (Å²) >= 11 is 0. The molecule has 2 saturated heterocycles. The van der Waals surface area contributed by atoms with Crippen LogP contribution in [0.5, 0.6) is 0 Å². The molecule has 370 valence electrons. The second kappa shape index (κ2) is 37.5. The van der Waals surface area contributed by atoms with Gasteiger partial charge in [-0.15, -0.1) is 0 Å². The van der Waals surface area contributed by atoms with Crippen LogP contribution in [0.25, 0.3) is 0 Å². The molecule has 0 aromatic carbocycles. The van der Waals surface area contributed by atoms with Crippen LogP contribution in [-0.2, 0) is 33.2 Å². The highest BCUT2D eigenvalue weighted by molar-refractivity contribution is 5.69. The highest BCUT2D eigenvalue weighted by atomic mass is 16.7. The molecule has 0 saturated carbocycles. The summed E-state index contributed by atoms with van der Waals surface area (Å²) < 4.78 is 34.2. The van der Waals surface area contributed by atoms with E-state index in [-0.39, 0.29) is 25.6 Å². The molecule has 0 amide bonds. The van der Waals surface area contributed by atoms with Crippen molar-refractivity contribution in [2.45, 2.75) is 248 Å². The Balaban J connectivity index is 1.75. The van der Waals surface area contributed by atoms with E-state index in [0.717, 1.165) is 51.4 Å². The SMILES string of the molecule is CCCCCC/C=C\C/C=C\CCCCCCCCCCOCC(COC1OC(COC2OC(CO)C(O)C(O)C2O)C(O)C(O)C1O)OC(=O)CCCCCCCCCCCC. The number of unbranched alkanes of at least 4 members (excludes halogenated alkanes) is 21.